The number of hydrogen-bond donors (Lipinski definition) is 1. The molecule has 7 heteroatoms. The molecule has 0 unspecified atom stereocenters. The number of aryl methyl sites for hydroxylation is 2. The summed E-state index contributed by atoms with van der Waals surface area (Å²) in [4.78, 5) is 0.0994. The van der Waals surface area contributed by atoms with Gasteiger partial charge in [0, 0.05) is 0 Å². The minimum atomic E-state index is -3.93. The molecular weight excluding hydrogens is 372 g/mol. The molecule has 0 radical (unpaired) electrons. The van der Waals surface area contributed by atoms with Crippen LogP contribution in [-0.4, -0.2) is 13.6 Å². The first kappa shape index (κ1) is 19.4. The Hall–Kier alpha value is -3.32. The summed E-state index contributed by atoms with van der Waals surface area (Å²) in [7, 11) is -3.93. The van der Waals surface area contributed by atoms with Gasteiger partial charge in [0.05, 0.1) is 16.3 Å². The molecule has 28 heavy (non-hydrogen) atoms. The van der Waals surface area contributed by atoms with Crippen LogP contribution in [0.15, 0.2) is 99.1 Å². The van der Waals surface area contributed by atoms with E-state index in [1.54, 1.807) is 30.3 Å². The van der Waals surface area contributed by atoms with E-state index in [4.69, 9.17) is 0 Å². The van der Waals surface area contributed by atoms with Gasteiger partial charge in [-0.3, -0.25) is 5.43 Å². The molecule has 0 aliphatic carbocycles. The molecule has 0 heterocycles. The van der Waals surface area contributed by atoms with Gasteiger partial charge in [-0.15, -0.1) is 15.3 Å². The van der Waals surface area contributed by atoms with Crippen molar-refractivity contribution in [1.29, 1.82) is 0 Å². The summed E-state index contributed by atoms with van der Waals surface area (Å²) < 4.78 is 25.9. The minimum Gasteiger partial charge on any atom is -0.276 e. The SMILES string of the molecule is Cc1ccc(N=N/C(=N\Nc2ccc(C)cc2)S(=O)(=O)c2ccccc2)cc1. The molecule has 142 valence electrons. The maximum atomic E-state index is 13.0. The molecule has 6 nitrogen and oxygen atoms in total. The summed E-state index contributed by atoms with van der Waals surface area (Å²) in [6.07, 6.45) is 0. The number of amidine groups is 1. The lowest BCUT2D eigenvalue weighted by Crippen LogP contribution is -2.14. The maximum absolute atomic E-state index is 13.0. The number of sulfone groups is 1. The Balaban J connectivity index is 1.96. The molecule has 0 aliphatic heterocycles. The fourth-order valence-corrected chi connectivity index (χ4v) is 3.33. The van der Waals surface area contributed by atoms with Crippen molar-refractivity contribution in [3.05, 3.63) is 90.0 Å². The number of rotatable bonds is 4. The monoisotopic (exact) mass is 392 g/mol. The van der Waals surface area contributed by atoms with Gasteiger partial charge in [0.1, 0.15) is 0 Å². The van der Waals surface area contributed by atoms with Crippen LogP contribution in [0, 0.1) is 13.8 Å². The zero-order valence-corrected chi connectivity index (χ0v) is 16.4. The van der Waals surface area contributed by atoms with Crippen molar-refractivity contribution < 1.29 is 8.42 Å². The van der Waals surface area contributed by atoms with E-state index in [-0.39, 0.29) is 4.90 Å². The van der Waals surface area contributed by atoms with Crippen molar-refractivity contribution in [2.24, 2.45) is 15.3 Å². The van der Waals surface area contributed by atoms with Crippen LogP contribution in [0.4, 0.5) is 11.4 Å². The lowest BCUT2D eigenvalue weighted by molar-refractivity contribution is 0.606. The fraction of sp³-hybridized carbons (Fsp3) is 0.0952. The summed E-state index contributed by atoms with van der Waals surface area (Å²) >= 11 is 0. The maximum Gasteiger partial charge on any atom is 0.289 e. The normalized spacial score (nSPS) is 12.3. The zero-order chi connectivity index (χ0) is 20.0. The number of anilines is 1. The lowest BCUT2D eigenvalue weighted by atomic mass is 10.2. The zero-order valence-electron chi connectivity index (χ0n) is 15.6. The van der Waals surface area contributed by atoms with E-state index in [0.717, 1.165) is 11.1 Å². The minimum absolute atomic E-state index is 0.0994. The molecule has 0 fully saturated rings. The van der Waals surface area contributed by atoms with Crippen molar-refractivity contribution >= 4 is 26.4 Å². The van der Waals surface area contributed by atoms with Crippen LogP contribution in [0.1, 0.15) is 11.1 Å². The molecule has 3 rings (SSSR count). The molecule has 0 saturated carbocycles. The Bertz CT molecular complexity index is 1090. The Labute approximate surface area is 164 Å². The highest BCUT2D eigenvalue weighted by Crippen LogP contribution is 2.18. The summed E-state index contributed by atoms with van der Waals surface area (Å²) in [6.45, 7) is 3.92. The van der Waals surface area contributed by atoms with Gasteiger partial charge >= 0.3 is 0 Å². The van der Waals surface area contributed by atoms with Crippen LogP contribution in [0.2, 0.25) is 0 Å². The molecule has 3 aromatic rings. The first-order valence-electron chi connectivity index (χ1n) is 8.64. The first-order valence-corrected chi connectivity index (χ1v) is 10.1. The largest absolute Gasteiger partial charge is 0.289 e. The van der Waals surface area contributed by atoms with Gasteiger partial charge < -0.3 is 0 Å². The third kappa shape index (κ3) is 4.89. The van der Waals surface area contributed by atoms with E-state index in [0.29, 0.717) is 11.4 Å². The van der Waals surface area contributed by atoms with Gasteiger partial charge in [0.2, 0.25) is 9.84 Å². The number of hydrogen-bond acceptors (Lipinski definition) is 5. The number of benzene rings is 3. The smallest absolute Gasteiger partial charge is 0.276 e. The van der Waals surface area contributed by atoms with E-state index in [2.05, 4.69) is 20.8 Å². The average molecular weight is 392 g/mol. The Morgan fingerprint density at radius 3 is 1.96 bits per heavy atom. The van der Waals surface area contributed by atoms with E-state index in [9.17, 15) is 8.42 Å². The molecular formula is C21H20N4O2S. The molecule has 1 N–H and O–H groups in total. The molecule has 0 aliphatic rings. The van der Waals surface area contributed by atoms with Crippen molar-refractivity contribution in [2.45, 2.75) is 18.7 Å². The second-order valence-electron chi connectivity index (χ2n) is 6.22. The standard InChI is InChI=1S/C21H20N4O2S/c1-16-8-12-18(13-9-16)22-24-21(25-23-19-14-10-17(2)11-15-19)28(26,27)20-6-4-3-5-7-20/h3-15,22H,1-2H3/b24-21+,25-23?. The number of azo groups is 1. The van der Waals surface area contributed by atoms with E-state index >= 15 is 0 Å². The Kier molecular flexibility index (Phi) is 5.96. The van der Waals surface area contributed by atoms with Crippen molar-refractivity contribution in [3.8, 4) is 0 Å². The first-order chi connectivity index (χ1) is 13.4. The summed E-state index contributed by atoms with van der Waals surface area (Å²) in [5, 5.41) is 11.6. The number of hydrazone groups is 1. The van der Waals surface area contributed by atoms with Crippen molar-refractivity contribution in [1.82, 2.24) is 0 Å². The van der Waals surface area contributed by atoms with Crippen LogP contribution >= 0.6 is 0 Å². The summed E-state index contributed by atoms with van der Waals surface area (Å²) in [5.74, 6) is 0. The van der Waals surface area contributed by atoms with E-state index in [1.165, 1.54) is 12.1 Å². The fourth-order valence-electron chi connectivity index (χ4n) is 2.29. The second kappa shape index (κ2) is 8.58. The predicted octanol–water partition coefficient (Wildman–Crippen LogP) is 5.24. The van der Waals surface area contributed by atoms with Crippen LogP contribution in [-0.2, 0) is 9.84 Å². The summed E-state index contributed by atoms with van der Waals surface area (Å²) in [6, 6.07) is 22.7. The van der Waals surface area contributed by atoms with Crippen LogP contribution < -0.4 is 5.43 Å². The van der Waals surface area contributed by atoms with Crippen LogP contribution in [0.5, 0.6) is 0 Å². The molecule has 0 bridgehead atoms. The molecule has 3 aromatic carbocycles. The van der Waals surface area contributed by atoms with Crippen molar-refractivity contribution in [3.63, 3.8) is 0 Å². The number of nitrogens with zero attached hydrogens (tertiary/aromatic N) is 3. The molecule has 0 atom stereocenters. The highest BCUT2D eigenvalue weighted by atomic mass is 32.2. The Morgan fingerprint density at radius 1 is 0.786 bits per heavy atom. The third-order valence-corrected chi connectivity index (χ3v) is 5.46. The molecule has 0 amide bonds. The van der Waals surface area contributed by atoms with Gasteiger partial charge in [0.25, 0.3) is 5.17 Å². The average Bonchev–Trinajstić information content (AvgIpc) is 2.71. The highest BCUT2D eigenvalue weighted by Gasteiger charge is 2.23. The van der Waals surface area contributed by atoms with Crippen molar-refractivity contribution in [2.75, 3.05) is 5.43 Å². The lowest BCUT2D eigenvalue weighted by Gasteiger charge is -2.05. The van der Waals surface area contributed by atoms with Crippen LogP contribution in [0.25, 0.3) is 0 Å². The topological polar surface area (TPSA) is 83.2 Å². The summed E-state index contributed by atoms with van der Waals surface area (Å²) in [5.41, 5.74) is 6.10. The van der Waals surface area contributed by atoms with E-state index in [1.807, 2.05) is 50.2 Å². The predicted molar refractivity (Wildman–Crippen MR) is 112 cm³/mol. The quantitative estimate of drug-likeness (QED) is 0.285. The molecule has 0 spiro atoms. The van der Waals surface area contributed by atoms with Gasteiger partial charge in [-0.05, 0) is 50.2 Å². The molecule has 0 aromatic heterocycles. The second-order valence-corrected chi connectivity index (χ2v) is 8.07. The molecule has 0 saturated heterocycles. The van der Waals surface area contributed by atoms with E-state index < -0.39 is 15.0 Å². The highest BCUT2D eigenvalue weighted by molar-refractivity contribution is 8.06. The van der Waals surface area contributed by atoms with Gasteiger partial charge in [-0.1, -0.05) is 53.6 Å². The third-order valence-electron chi connectivity index (χ3n) is 3.91. The number of nitrogens with one attached hydrogen (secondary N) is 1. The Morgan fingerprint density at radius 2 is 1.36 bits per heavy atom. The van der Waals surface area contributed by atoms with Gasteiger partial charge in [0.15, 0.2) is 0 Å². The van der Waals surface area contributed by atoms with Gasteiger partial charge in [-0.25, -0.2) is 8.42 Å². The van der Waals surface area contributed by atoms with Crippen LogP contribution in [0.3, 0.4) is 0 Å². The van der Waals surface area contributed by atoms with Gasteiger partial charge in [-0.2, -0.15) is 0 Å².